The quantitative estimate of drug-likeness (QED) is 0.593. The van der Waals surface area contributed by atoms with Gasteiger partial charge in [0.2, 0.25) is 0 Å². The summed E-state index contributed by atoms with van der Waals surface area (Å²) >= 11 is 0. The fourth-order valence-corrected chi connectivity index (χ4v) is 4.84. The van der Waals surface area contributed by atoms with Crippen molar-refractivity contribution < 1.29 is 19.4 Å². The van der Waals surface area contributed by atoms with Crippen molar-refractivity contribution in [3.8, 4) is 0 Å². The summed E-state index contributed by atoms with van der Waals surface area (Å²) in [5, 5.41) is 9.06. The van der Waals surface area contributed by atoms with Gasteiger partial charge in [0.25, 0.3) is 0 Å². The highest BCUT2D eigenvalue weighted by atomic mass is 16.5. The van der Waals surface area contributed by atoms with Crippen LogP contribution in [0, 0.1) is 5.41 Å². The number of carbonyl (C=O) groups is 1. The van der Waals surface area contributed by atoms with Crippen molar-refractivity contribution >= 4 is 5.97 Å². The van der Waals surface area contributed by atoms with Crippen molar-refractivity contribution in [2.75, 3.05) is 13.2 Å². The molecule has 0 bridgehead atoms. The van der Waals surface area contributed by atoms with E-state index in [1.54, 1.807) is 0 Å². The smallest absolute Gasteiger partial charge is 0.306 e. The second-order valence-corrected chi connectivity index (χ2v) is 8.27. The number of ether oxygens (including phenoxy) is 2. The number of rotatable bonds is 8. The zero-order valence-electron chi connectivity index (χ0n) is 16.6. The Labute approximate surface area is 163 Å². The monoisotopic (exact) mass is 374 g/mol. The van der Waals surface area contributed by atoms with Crippen molar-refractivity contribution in [3.05, 3.63) is 35.5 Å². The van der Waals surface area contributed by atoms with E-state index in [9.17, 15) is 4.79 Å². The van der Waals surface area contributed by atoms with Gasteiger partial charge in [-0.1, -0.05) is 43.6 Å². The van der Waals surface area contributed by atoms with Crippen molar-refractivity contribution in [1.82, 2.24) is 0 Å². The fraction of sp³-hybridized carbons (Fsp3) is 0.696. The Bertz CT molecular complexity index is 595. The van der Waals surface area contributed by atoms with Gasteiger partial charge in [-0.15, -0.1) is 0 Å². The zero-order valence-corrected chi connectivity index (χ0v) is 16.6. The highest BCUT2D eigenvalue weighted by Crippen LogP contribution is 2.45. The summed E-state index contributed by atoms with van der Waals surface area (Å²) in [4.78, 5) is 11.0. The molecule has 1 N–H and O–H groups in total. The van der Waals surface area contributed by atoms with Gasteiger partial charge in [0, 0.05) is 6.61 Å². The fourth-order valence-electron chi connectivity index (χ4n) is 4.84. The molecule has 0 aromatic heterocycles. The predicted octanol–water partition coefficient (Wildman–Crippen LogP) is 5.20. The number of carboxylic acid groups (broad SMARTS) is 1. The summed E-state index contributed by atoms with van der Waals surface area (Å²) in [6.07, 6.45) is 19.9. The minimum atomic E-state index is -0.831. The molecule has 3 aliphatic carbocycles. The van der Waals surface area contributed by atoms with Gasteiger partial charge < -0.3 is 14.6 Å². The van der Waals surface area contributed by atoms with Gasteiger partial charge in [0.05, 0.1) is 25.2 Å². The van der Waals surface area contributed by atoms with E-state index in [0.717, 1.165) is 18.6 Å². The first kappa shape index (κ1) is 20.3. The van der Waals surface area contributed by atoms with Crippen LogP contribution >= 0.6 is 0 Å². The standard InChI is InChI=1S/C23H34O4/c1-2-26-21(15-22(24)25)19-8-10-20(11-9-19)27-17-18-7-6-14-23(16-18)12-4-3-5-13-23/h8-10,16,20-21H,2-7,11-15,17H2,1H3,(H,24,25). The Hall–Kier alpha value is -1.39. The van der Waals surface area contributed by atoms with Crippen LogP contribution < -0.4 is 0 Å². The molecule has 3 aliphatic rings. The SMILES string of the molecule is CCOC(CC(=O)O)C1=CCC(OCC2=CC3(CCCCC3)CCC2)C=C1. The summed E-state index contributed by atoms with van der Waals surface area (Å²) in [6.45, 7) is 3.13. The number of hydrogen-bond acceptors (Lipinski definition) is 3. The molecule has 1 spiro atoms. The largest absolute Gasteiger partial charge is 0.481 e. The van der Waals surface area contributed by atoms with Gasteiger partial charge in [-0.2, -0.15) is 0 Å². The molecule has 4 heteroatoms. The maximum atomic E-state index is 11.0. The lowest BCUT2D eigenvalue weighted by molar-refractivity contribution is -0.139. The summed E-state index contributed by atoms with van der Waals surface area (Å²) in [5.74, 6) is -0.831. The molecule has 150 valence electrons. The van der Waals surface area contributed by atoms with Crippen LogP contribution in [0.1, 0.15) is 71.1 Å². The number of carboxylic acids is 1. The third-order valence-electron chi connectivity index (χ3n) is 6.20. The number of hydrogen-bond donors (Lipinski definition) is 1. The maximum absolute atomic E-state index is 11.0. The van der Waals surface area contributed by atoms with E-state index in [0.29, 0.717) is 12.0 Å². The average molecular weight is 375 g/mol. The Morgan fingerprint density at radius 1 is 1.26 bits per heavy atom. The Morgan fingerprint density at radius 2 is 2.04 bits per heavy atom. The second-order valence-electron chi connectivity index (χ2n) is 8.27. The van der Waals surface area contributed by atoms with E-state index in [1.165, 1.54) is 56.9 Å². The summed E-state index contributed by atoms with van der Waals surface area (Å²) in [7, 11) is 0. The molecular formula is C23H34O4. The first-order valence-electron chi connectivity index (χ1n) is 10.6. The van der Waals surface area contributed by atoms with Gasteiger partial charge >= 0.3 is 5.97 Å². The molecule has 3 rings (SSSR count). The van der Waals surface area contributed by atoms with Gasteiger partial charge in [0.15, 0.2) is 0 Å². The van der Waals surface area contributed by atoms with Crippen LogP contribution in [-0.4, -0.2) is 36.5 Å². The molecule has 0 radical (unpaired) electrons. The summed E-state index contributed by atoms with van der Waals surface area (Å²) in [5.41, 5.74) is 2.90. The number of aliphatic carboxylic acids is 1. The molecule has 2 unspecified atom stereocenters. The maximum Gasteiger partial charge on any atom is 0.306 e. The first-order chi connectivity index (χ1) is 13.1. The second kappa shape index (κ2) is 9.70. The third kappa shape index (κ3) is 5.79. The van der Waals surface area contributed by atoms with Gasteiger partial charge in [0.1, 0.15) is 0 Å². The van der Waals surface area contributed by atoms with E-state index in [2.05, 4.69) is 18.2 Å². The van der Waals surface area contributed by atoms with Gasteiger partial charge in [-0.3, -0.25) is 4.79 Å². The Balaban J connectivity index is 1.51. The van der Waals surface area contributed by atoms with E-state index in [-0.39, 0.29) is 18.6 Å². The molecule has 2 atom stereocenters. The van der Waals surface area contributed by atoms with Crippen molar-refractivity contribution in [1.29, 1.82) is 0 Å². The van der Waals surface area contributed by atoms with Crippen LogP contribution in [0.3, 0.4) is 0 Å². The molecule has 0 aliphatic heterocycles. The lowest BCUT2D eigenvalue weighted by Crippen LogP contribution is -2.26. The summed E-state index contributed by atoms with van der Waals surface area (Å²) < 4.78 is 11.8. The van der Waals surface area contributed by atoms with Crippen LogP contribution in [0.2, 0.25) is 0 Å². The molecule has 0 aromatic rings. The Morgan fingerprint density at radius 3 is 2.70 bits per heavy atom. The molecule has 0 saturated heterocycles. The molecule has 1 saturated carbocycles. The molecule has 0 amide bonds. The van der Waals surface area contributed by atoms with Crippen LogP contribution in [0.15, 0.2) is 35.5 Å². The van der Waals surface area contributed by atoms with Crippen molar-refractivity contribution in [2.45, 2.75) is 83.3 Å². The lowest BCUT2D eigenvalue weighted by Gasteiger charge is -2.38. The zero-order chi connectivity index (χ0) is 19.1. The van der Waals surface area contributed by atoms with E-state index in [4.69, 9.17) is 14.6 Å². The third-order valence-corrected chi connectivity index (χ3v) is 6.20. The molecule has 0 heterocycles. The van der Waals surface area contributed by atoms with Gasteiger partial charge in [-0.25, -0.2) is 0 Å². The van der Waals surface area contributed by atoms with Crippen LogP contribution in [0.4, 0.5) is 0 Å². The van der Waals surface area contributed by atoms with Crippen molar-refractivity contribution in [3.63, 3.8) is 0 Å². The van der Waals surface area contributed by atoms with Crippen LogP contribution in [0.5, 0.6) is 0 Å². The van der Waals surface area contributed by atoms with E-state index < -0.39 is 5.97 Å². The Kier molecular flexibility index (Phi) is 7.31. The molecule has 27 heavy (non-hydrogen) atoms. The van der Waals surface area contributed by atoms with Crippen LogP contribution in [0.25, 0.3) is 0 Å². The minimum absolute atomic E-state index is 0.00447. The van der Waals surface area contributed by atoms with Crippen molar-refractivity contribution in [2.24, 2.45) is 5.41 Å². The molecule has 0 aromatic carbocycles. The lowest BCUT2D eigenvalue weighted by atomic mass is 9.67. The normalized spacial score (nSPS) is 25.7. The molecule has 1 fully saturated rings. The highest BCUT2D eigenvalue weighted by Gasteiger charge is 2.32. The van der Waals surface area contributed by atoms with Gasteiger partial charge in [-0.05, 0) is 62.0 Å². The predicted molar refractivity (Wildman–Crippen MR) is 107 cm³/mol. The average Bonchev–Trinajstić information content (AvgIpc) is 2.67. The van der Waals surface area contributed by atoms with E-state index in [1.807, 2.05) is 13.0 Å². The van der Waals surface area contributed by atoms with E-state index >= 15 is 0 Å². The molecular weight excluding hydrogens is 340 g/mol. The number of allylic oxidation sites excluding steroid dienone is 1. The first-order valence-corrected chi connectivity index (χ1v) is 10.6. The highest BCUT2D eigenvalue weighted by molar-refractivity contribution is 5.68. The summed E-state index contributed by atoms with van der Waals surface area (Å²) in [6, 6.07) is 0. The van der Waals surface area contributed by atoms with Crippen LogP contribution in [-0.2, 0) is 14.3 Å². The topological polar surface area (TPSA) is 55.8 Å². The minimum Gasteiger partial charge on any atom is -0.481 e. The molecule has 4 nitrogen and oxygen atoms in total.